The Morgan fingerprint density at radius 2 is 2.06 bits per heavy atom. The summed E-state index contributed by atoms with van der Waals surface area (Å²) in [5.74, 6) is -0.935. The first kappa shape index (κ1) is 13.8. The van der Waals surface area contributed by atoms with Crippen LogP contribution in [0.2, 0.25) is 0 Å². The highest BCUT2D eigenvalue weighted by atomic mass is 19.3. The molecule has 94 valence electrons. The Balaban J connectivity index is 2.86. The van der Waals surface area contributed by atoms with E-state index in [0.29, 0.717) is 12.0 Å². The van der Waals surface area contributed by atoms with Gasteiger partial charge in [0.05, 0.1) is 5.56 Å². The Labute approximate surface area is 98.9 Å². The van der Waals surface area contributed by atoms with E-state index in [1.807, 2.05) is 19.1 Å². The number of hydrogen-bond donors (Lipinski definition) is 0. The molecule has 0 spiro atoms. The summed E-state index contributed by atoms with van der Waals surface area (Å²) in [5.41, 5.74) is -0.0361. The third kappa shape index (κ3) is 3.60. The zero-order chi connectivity index (χ0) is 12.9. The van der Waals surface area contributed by atoms with Crippen LogP contribution in [0.3, 0.4) is 0 Å². The Hall–Kier alpha value is -1.29. The van der Waals surface area contributed by atoms with E-state index in [0.717, 1.165) is 25.7 Å². The highest BCUT2D eigenvalue weighted by Gasteiger charge is 2.34. The van der Waals surface area contributed by atoms with Gasteiger partial charge in [0.2, 0.25) is 0 Å². The highest BCUT2D eigenvalue weighted by molar-refractivity contribution is 5.27. The molecular weight excluding hydrogens is 229 g/mol. The van der Waals surface area contributed by atoms with Crippen LogP contribution < -0.4 is 0 Å². The third-order valence-electron chi connectivity index (χ3n) is 2.44. The van der Waals surface area contributed by atoms with Crippen molar-refractivity contribution in [3.63, 3.8) is 0 Å². The lowest BCUT2D eigenvalue weighted by molar-refractivity contribution is -0.233. The molecule has 0 aliphatic rings. The second-order valence-corrected chi connectivity index (χ2v) is 3.64. The summed E-state index contributed by atoms with van der Waals surface area (Å²) in [6.07, 6.45) is 1.64. The van der Waals surface area contributed by atoms with Crippen LogP contribution in [0.1, 0.15) is 24.5 Å². The molecule has 0 N–H and O–H groups in total. The SMILES string of the molecule is C/C=C/CCc1ccc(C(F)(F)OC)c(F)c1. The lowest BCUT2D eigenvalue weighted by Crippen LogP contribution is -2.17. The summed E-state index contributed by atoms with van der Waals surface area (Å²) in [6, 6.07) is 3.70. The predicted molar refractivity (Wildman–Crippen MR) is 60.4 cm³/mol. The summed E-state index contributed by atoms with van der Waals surface area (Å²) in [6.45, 7) is 1.89. The van der Waals surface area contributed by atoms with Crippen LogP contribution in [0, 0.1) is 5.82 Å². The van der Waals surface area contributed by atoms with Gasteiger partial charge < -0.3 is 4.74 Å². The summed E-state index contributed by atoms with van der Waals surface area (Å²) in [7, 11) is 0.847. The molecule has 0 fully saturated rings. The minimum Gasteiger partial charge on any atom is -0.320 e. The van der Waals surface area contributed by atoms with Crippen molar-refractivity contribution in [2.45, 2.75) is 25.9 Å². The molecule has 0 unspecified atom stereocenters. The van der Waals surface area contributed by atoms with Crippen LogP contribution in [-0.2, 0) is 17.3 Å². The molecule has 0 radical (unpaired) electrons. The molecule has 4 heteroatoms. The molecule has 0 heterocycles. The van der Waals surface area contributed by atoms with Crippen molar-refractivity contribution in [2.75, 3.05) is 7.11 Å². The number of halogens is 3. The van der Waals surface area contributed by atoms with E-state index < -0.39 is 17.5 Å². The average molecular weight is 244 g/mol. The zero-order valence-electron chi connectivity index (χ0n) is 9.84. The molecule has 1 aromatic rings. The highest BCUT2D eigenvalue weighted by Crippen LogP contribution is 2.31. The van der Waals surface area contributed by atoms with Gasteiger partial charge in [-0.3, -0.25) is 0 Å². The van der Waals surface area contributed by atoms with E-state index in [9.17, 15) is 13.2 Å². The van der Waals surface area contributed by atoms with Gasteiger partial charge in [-0.25, -0.2) is 4.39 Å². The van der Waals surface area contributed by atoms with E-state index in [2.05, 4.69) is 4.74 Å². The summed E-state index contributed by atoms with van der Waals surface area (Å²) >= 11 is 0. The Kier molecular flexibility index (Phi) is 4.75. The smallest absolute Gasteiger partial charge is 0.320 e. The fourth-order valence-corrected chi connectivity index (χ4v) is 1.48. The van der Waals surface area contributed by atoms with Crippen molar-refractivity contribution in [1.82, 2.24) is 0 Å². The van der Waals surface area contributed by atoms with Gasteiger partial charge in [0.15, 0.2) is 0 Å². The number of hydrogen-bond acceptors (Lipinski definition) is 1. The van der Waals surface area contributed by atoms with E-state index >= 15 is 0 Å². The van der Waals surface area contributed by atoms with E-state index in [1.165, 1.54) is 6.07 Å². The summed E-state index contributed by atoms with van der Waals surface area (Å²) < 4.78 is 43.6. The van der Waals surface area contributed by atoms with Gasteiger partial charge in [0.1, 0.15) is 5.82 Å². The third-order valence-corrected chi connectivity index (χ3v) is 2.44. The Morgan fingerprint density at radius 3 is 2.59 bits per heavy atom. The largest absolute Gasteiger partial charge is 0.385 e. The lowest BCUT2D eigenvalue weighted by Gasteiger charge is -2.15. The summed E-state index contributed by atoms with van der Waals surface area (Å²) in [4.78, 5) is 0. The van der Waals surface area contributed by atoms with Gasteiger partial charge in [-0.05, 0) is 37.5 Å². The van der Waals surface area contributed by atoms with E-state index in [-0.39, 0.29) is 0 Å². The fourth-order valence-electron chi connectivity index (χ4n) is 1.48. The van der Waals surface area contributed by atoms with Crippen LogP contribution in [0.15, 0.2) is 30.4 Å². The molecule has 0 aromatic heterocycles. The normalized spacial score (nSPS) is 12.3. The first-order valence-corrected chi connectivity index (χ1v) is 5.34. The minimum atomic E-state index is -3.58. The maximum absolute atomic E-state index is 13.5. The average Bonchev–Trinajstić information content (AvgIpc) is 2.29. The molecule has 0 saturated carbocycles. The van der Waals surface area contributed by atoms with E-state index in [4.69, 9.17) is 0 Å². The molecule has 0 aliphatic heterocycles. The fraction of sp³-hybridized carbons (Fsp3) is 0.385. The van der Waals surface area contributed by atoms with Crippen molar-refractivity contribution in [1.29, 1.82) is 0 Å². The molecule has 0 aliphatic carbocycles. The van der Waals surface area contributed by atoms with Crippen LogP contribution >= 0.6 is 0 Å². The monoisotopic (exact) mass is 244 g/mol. The first-order valence-electron chi connectivity index (χ1n) is 5.34. The number of aryl methyl sites for hydroxylation is 1. The van der Waals surface area contributed by atoms with Crippen LogP contribution in [0.5, 0.6) is 0 Å². The van der Waals surface area contributed by atoms with Crippen molar-refractivity contribution in [3.8, 4) is 0 Å². The van der Waals surface area contributed by atoms with Crippen molar-refractivity contribution >= 4 is 0 Å². The molecule has 0 amide bonds. The maximum Gasteiger partial charge on any atom is 0.385 e. The lowest BCUT2D eigenvalue weighted by atomic mass is 10.1. The van der Waals surface area contributed by atoms with E-state index in [1.54, 1.807) is 0 Å². The van der Waals surface area contributed by atoms with Crippen molar-refractivity contribution < 1.29 is 17.9 Å². The number of allylic oxidation sites excluding steroid dienone is 2. The quantitative estimate of drug-likeness (QED) is 0.710. The molecule has 17 heavy (non-hydrogen) atoms. The van der Waals surface area contributed by atoms with Crippen LogP contribution in [0.25, 0.3) is 0 Å². The number of ether oxygens (including phenoxy) is 1. The molecule has 1 aromatic carbocycles. The van der Waals surface area contributed by atoms with Crippen LogP contribution in [0.4, 0.5) is 13.2 Å². The van der Waals surface area contributed by atoms with Crippen molar-refractivity contribution in [2.24, 2.45) is 0 Å². The van der Waals surface area contributed by atoms with Gasteiger partial charge in [-0.1, -0.05) is 18.2 Å². The number of methoxy groups -OCH3 is 1. The zero-order valence-corrected chi connectivity index (χ0v) is 9.84. The topological polar surface area (TPSA) is 9.23 Å². The van der Waals surface area contributed by atoms with Crippen LogP contribution in [-0.4, -0.2) is 7.11 Å². The second-order valence-electron chi connectivity index (χ2n) is 3.64. The molecule has 0 saturated heterocycles. The maximum atomic E-state index is 13.5. The molecule has 0 bridgehead atoms. The number of rotatable bonds is 5. The Bertz CT molecular complexity index is 400. The first-order chi connectivity index (χ1) is 8.01. The van der Waals surface area contributed by atoms with Gasteiger partial charge in [-0.15, -0.1) is 0 Å². The van der Waals surface area contributed by atoms with Crippen molar-refractivity contribution in [3.05, 3.63) is 47.3 Å². The van der Waals surface area contributed by atoms with Gasteiger partial charge in [0.25, 0.3) is 0 Å². The standard InChI is InChI=1S/C13H15F3O/c1-3-4-5-6-10-7-8-11(12(14)9-10)13(15,16)17-2/h3-4,7-9H,5-6H2,1-2H3/b4-3+. The molecule has 1 nitrogen and oxygen atoms in total. The predicted octanol–water partition coefficient (Wildman–Crippen LogP) is 4.03. The van der Waals surface area contributed by atoms with Gasteiger partial charge >= 0.3 is 6.11 Å². The number of benzene rings is 1. The summed E-state index contributed by atoms with van der Waals surface area (Å²) in [5, 5.41) is 0. The van der Waals surface area contributed by atoms with Gasteiger partial charge in [-0.2, -0.15) is 8.78 Å². The molecule has 0 atom stereocenters. The number of alkyl halides is 2. The van der Waals surface area contributed by atoms with Gasteiger partial charge in [0, 0.05) is 7.11 Å². The Morgan fingerprint density at radius 1 is 1.35 bits per heavy atom. The second kappa shape index (κ2) is 5.87. The molecular formula is C13H15F3O. The molecule has 1 rings (SSSR count). The minimum absolute atomic E-state index is 0.625.